The first-order valence-electron chi connectivity index (χ1n) is 9.65. The molecule has 1 heterocycles. The van der Waals surface area contributed by atoms with Crippen LogP contribution < -0.4 is 0 Å². The van der Waals surface area contributed by atoms with Crippen molar-refractivity contribution in [2.24, 2.45) is 0 Å². The molecule has 0 aliphatic carbocycles. The van der Waals surface area contributed by atoms with E-state index in [-0.39, 0.29) is 5.82 Å². The van der Waals surface area contributed by atoms with Crippen LogP contribution in [0, 0.1) is 5.82 Å². The van der Waals surface area contributed by atoms with Crippen LogP contribution in [0.5, 0.6) is 0 Å². The minimum atomic E-state index is -0.191. The van der Waals surface area contributed by atoms with Gasteiger partial charge in [-0.1, -0.05) is 58.0 Å². The molecule has 0 amide bonds. The van der Waals surface area contributed by atoms with Crippen molar-refractivity contribution < 1.29 is 4.39 Å². The van der Waals surface area contributed by atoms with Gasteiger partial charge in [0.2, 0.25) is 0 Å². The highest BCUT2D eigenvalue weighted by molar-refractivity contribution is 5.86. The Morgan fingerprint density at radius 2 is 1.54 bits per heavy atom. The Morgan fingerprint density at radius 3 is 2.08 bits per heavy atom. The van der Waals surface area contributed by atoms with Crippen LogP contribution in [0.2, 0.25) is 0 Å². The molecule has 136 valence electrons. The van der Waals surface area contributed by atoms with E-state index in [4.69, 9.17) is 0 Å². The van der Waals surface area contributed by atoms with Crippen molar-refractivity contribution in [1.29, 1.82) is 0 Å². The molecule has 3 aromatic rings. The zero-order valence-corrected chi connectivity index (χ0v) is 16.2. The topological polar surface area (TPSA) is 4.93 Å². The highest BCUT2D eigenvalue weighted by Gasteiger charge is 2.24. The molecule has 2 heteroatoms. The van der Waals surface area contributed by atoms with E-state index in [0.29, 0.717) is 5.92 Å². The quantitative estimate of drug-likeness (QED) is 0.449. The molecule has 1 nitrogen and oxygen atoms in total. The van der Waals surface area contributed by atoms with Gasteiger partial charge in [0.05, 0.1) is 5.69 Å². The lowest BCUT2D eigenvalue weighted by Crippen LogP contribution is -2.07. The third kappa shape index (κ3) is 3.33. The molecular formula is C24H28FN. The standard InChI is InChI=1S/C24H28FN/c1-5-16-26-23(17(3)4)21(6-2)22(18-10-8-7-9-11-18)24(26)19-12-14-20(25)15-13-19/h7-15,17H,5-6,16H2,1-4H3. The summed E-state index contributed by atoms with van der Waals surface area (Å²) in [7, 11) is 0. The van der Waals surface area contributed by atoms with Crippen molar-refractivity contribution >= 4 is 0 Å². The van der Waals surface area contributed by atoms with E-state index in [1.807, 2.05) is 12.1 Å². The van der Waals surface area contributed by atoms with Gasteiger partial charge in [-0.25, -0.2) is 4.39 Å². The molecule has 0 radical (unpaired) electrons. The van der Waals surface area contributed by atoms with E-state index in [1.54, 1.807) is 12.1 Å². The zero-order chi connectivity index (χ0) is 18.7. The summed E-state index contributed by atoms with van der Waals surface area (Å²) >= 11 is 0. The Morgan fingerprint density at radius 1 is 0.885 bits per heavy atom. The third-order valence-corrected chi connectivity index (χ3v) is 4.94. The van der Waals surface area contributed by atoms with Gasteiger partial charge in [-0.3, -0.25) is 0 Å². The van der Waals surface area contributed by atoms with Crippen LogP contribution in [0.15, 0.2) is 54.6 Å². The number of benzene rings is 2. The molecule has 0 unspecified atom stereocenters. The number of hydrogen-bond donors (Lipinski definition) is 0. The minimum absolute atomic E-state index is 0.191. The van der Waals surface area contributed by atoms with E-state index in [9.17, 15) is 4.39 Å². The van der Waals surface area contributed by atoms with Crippen LogP contribution in [0.3, 0.4) is 0 Å². The number of halogens is 1. The van der Waals surface area contributed by atoms with Gasteiger partial charge in [-0.15, -0.1) is 0 Å². The molecule has 2 aromatic carbocycles. The Bertz CT molecular complexity index is 857. The summed E-state index contributed by atoms with van der Waals surface area (Å²) in [5, 5.41) is 0. The summed E-state index contributed by atoms with van der Waals surface area (Å²) in [5.74, 6) is 0.247. The molecule has 0 saturated carbocycles. The molecule has 0 aliphatic rings. The molecule has 0 N–H and O–H groups in total. The summed E-state index contributed by atoms with van der Waals surface area (Å²) < 4.78 is 16.0. The van der Waals surface area contributed by atoms with Crippen LogP contribution in [-0.2, 0) is 13.0 Å². The lowest BCUT2D eigenvalue weighted by molar-refractivity contribution is 0.622. The first-order valence-corrected chi connectivity index (χ1v) is 9.65. The van der Waals surface area contributed by atoms with Crippen molar-refractivity contribution in [2.45, 2.75) is 53.0 Å². The Balaban J connectivity index is 2.40. The highest BCUT2D eigenvalue weighted by atomic mass is 19.1. The smallest absolute Gasteiger partial charge is 0.123 e. The van der Waals surface area contributed by atoms with Gasteiger partial charge in [0.25, 0.3) is 0 Å². The second-order valence-electron chi connectivity index (χ2n) is 7.12. The van der Waals surface area contributed by atoms with Gasteiger partial charge in [0.1, 0.15) is 5.82 Å². The fraction of sp³-hybridized carbons (Fsp3) is 0.333. The van der Waals surface area contributed by atoms with Crippen molar-refractivity contribution in [3.8, 4) is 22.4 Å². The van der Waals surface area contributed by atoms with E-state index >= 15 is 0 Å². The van der Waals surface area contributed by atoms with Gasteiger partial charge >= 0.3 is 0 Å². The monoisotopic (exact) mass is 349 g/mol. The SMILES string of the molecule is CCCn1c(-c2ccc(F)cc2)c(-c2ccccc2)c(CC)c1C(C)C. The van der Waals surface area contributed by atoms with Gasteiger partial charge in [-0.2, -0.15) is 0 Å². The fourth-order valence-corrected chi connectivity index (χ4v) is 3.99. The van der Waals surface area contributed by atoms with Crippen LogP contribution in [0.4, 0.5) is 4.39 Å². The maximum absolute atomic E-state index is 13.5. The van der Waals surface area contributed by atoms with Crippen molar-refractivity contribution in [3.63, 3.8) is 0 Å². The van der Waals surface area contributed by atoms with E-state index in [1.165, 1.54) is 28.1 Å². The highest BCUT2D eigenvalue weighted by Crippen LogP contribution is 2.42. The number of nitrogens with zero attached hydrogens (tertiary/aromatic N) is 1. The van der Waals surface area contributed by atoms with E-state index in [2.05, 4.69) is 62.6 Å². The summed E-state index contributed by atoms with van der Waals surface area (Å²) in [5.41, 5.74) is 7.67. The second kappa shape index (κ2) is 7.90. The molecule has 0 fully saturated rings. The average Bonchev–Trinajstić information content (AvgIpc) is 2.98. The average molecular weight is 349 g/mol. The predicted molar refractivity (Wildman–Crippen MR) is 109 cm³/mol. The molecule has 0 spiro atoms. The predicted octanol–water partition coefficient (Wildman–Crippen LogP) is 7.06. The van der Waals surface area contributed by atoms with E-state index in [0.717, 1.165) is 24.9 Å². The van der Waals surface area contributed by atoms with Gasteiger partial charge < -0.3 is 4.57 Å². The first kappa shape index (κ1) is 18.4. The molecule has 0 saturated heterocycles. The Hall–Kier alpha value is -2.35. The molecule has 0 bridgehead atoms. The number of hydrogen-bond acceptors (Lipinski definition) is 0. The van der Waals surface area contributed by atoms with Crippen molar-refractivity contribution in [1.82, 2.24) is 4.57 Å². The Labute approximate surface area is 156 Å². The second-order valence-corrected chi connectivity index (χ2v) is 7.12. The zero-order valence-electron chi connectivity index (χ0n) is 16.2. The number of aromatic nitrogens is 1. The van der Waals surface area contributed by atoms with Crippen LogP contribution in [-0.4, -0.2) is 4.57 Å². The van der Waals surface area contributed by atoms with E-state index < -0.39 is 0 Å². The van der Waals surface area contributed by atoms with Crippen LogP contribution in [0.25, 0.3) is 22.4 Å². The Kier molecular flexibility index (Phi) is 5.61. The summed E-state index contributed by atoms with van der Waals surface area (Å²) in [6.07, 6.45) is 2.06. The fourth-order valence-electron chi connectivity index (χ4n) is 3.99. The molecule has 1 aromatic heterocycles. The normalized spacial score (nSPS) is 11.3. The van der Waals surface area contributed by atoms with Crippen LogP contribution >= 0.6 is 0 Å². The van der Waals surface area contributed by atoms with Crippen molar-refractivity contribution in [2.75, 3.05) is 0 Å². The van der Waals surface area contributed by atoms with Gasteiger partial charge in [-0.05, 0) is 59.7 Å². The molecular weight excluding hydrogens is 321 g/mol. The summed E-state index contributed by atoms with van der Waals surface area (Å²) in [6.45, 7) is 9.96. The summed E-state index contributed by atoms with van der Waals surface area (Å²) in [4.78, 5) is 0. The third-order valence-electron chi connectivity index (χ3n) is 4.94. The van der Waals surface area contributed by atoms with Gasteiger partial charge in [0.15, 0.2) is 0 Å². The molecule has 0 atom stereocenters. The summed E-state index contributed by atoms with van der Waals surface area (Å²) in [6, 6.07) is 17.6. The molecule has 26 heavy (non-hydrogen) atoms. The lowest BCUT2D eigenvalue weighted by atomic mass is 9.94. The van der Waals surface area contributed by atoms with Crippen molar-refractivity contribution in [3.05, 3.63) is 71.7 Å². The molecule has 0 aliphatic heterocycles. The number of rotatable bonds is 6. The molecule has 3 rings (SSSR count). The van der Waals surface area contributed by atoms with Crippen LogP contribution in [0.1, 0.15) is 51.3 Å². The maximum Gasteiger partial charge on any atom is 0.123 e. The minimum Gasteiger partial charge on any atom is -0.344 e. The van der Waals surface area contributed by atoms with Gasteiger partial charge in [0, 0.05) is 17.8 Å². The largest absolute Gasteiger partial charge is 0.344 e. The maximum atomic E-state index is 13.5. The first-order chi connectivity index (χ1) is 12.6. The lowest BCUT2D eigenvalue weighted by Gasteiger charge is -2.16.